The van der Waals surface area contributed by atoms with Crippen molar-refractivity contribution >= 4 is 17.9 Å². The minimum absolute atomic E-state index is 0.0464. The molecule has 2 atom stereocenters. The van der Waals surface area contributed by atoms with Gasteiger partial charge in [0.05, 0.1) is 0 Å². The Morgan fingerprint density at radius 2 is 2.21 bits per heavy atom. The van der Waals surface area contributed by atoms with Crippen LogP contribution in [0.3, 0.4) is 0 Å². The molecule has 1 spiro atoms. The van der Waals surface area contributed by atoms with Crippen LogP contribution in [0.5, 0.6) is 0 Å². The average Bonchev–Trinajstić information content (AvgIpc) is 3.06. The van der Waals surface area contributed by atoms with E-state index in [0.717, 1.165) is 24.2 Å². The van der Waals surface area contributed by atoms with Gasteiger partial charge in [-0.15, -0.1) is 10.2 Å². The quantitative estimate of drug-likeness (QED) is 0.642. The van der Waals surface area contributed by atoms with Crippen LogP contribution in [0, 0.1) is 12.8 Å². The van der Waals surface area contributed by atoms with Gasteiger partial charge in [0, 0.05) is 6.92 Å². The van der Waals surface area contributed by atoms with E-state index in [1.54, 1.807) is 6.92 Å². The predicted molar refractivity (Wildman–Crippen MR) is 79.4 cm³/mol. The number of nitrogens with zero attached hydrogens (tertiary/aromatic N) is 3. The summed E-state index contributed by atoms with van der Waals surface area (Å²) in [5.41, 5.74) is -0.876. The number of carbonyl (C=O) groups excluding carboxylic acids is 3. The van der Waals surface area contributed by atoms with Gasteiger partial charge in [-0.25, -0.2) is 4.79 Å². The van der Waals surface area contributed by atoms with Crippen molar-refractivity contribution in [2.45, 2.75) is 51.7 Å². The Labute approximate surface area is 138 Å². The lowest BCUT2D eigenvalue weighted by Gasteiger charge is -2.36. The maximum atomic E-state index is 12.7. The number of aryl methyl sites for hydroxylation is 1. The average molecular weight is 336 g/mol. The molecular formula is C15H20N4O5. The van der Waals surface area contributed by atoms with E-state index in [-0.39, 0.29) is 24.3 Å². The van der Waals surface area contributed by atoms with Crippen LogP contribution >= 0.6 is 0 Å². The van der Waals surface area contributed by atoms with Gasteiger partial charge in [-0.2, -0.15) is 0 Å². The number of nitrogens with one attached hydrogen (secondary N) is 1. The van der Waals surface area contributed by atoms with E-state index in [2.05, 4.69) is 15.5 Å². The highest BCUT2D eigenvalue weighted by molar-refractivity contribution is 6.08. The second-order valence-electron chi connectivity index (χ2n) is 6.32. The number of imide groups is 1. The highest BCUT2D eigenvalue weighted by atomic mass is 16.5. The first kappa shape index (κ1) is 16.4. The maximum Gasteiger partial charge on any atom is 0.326 e. The zero-order valence-corrected chi connectivity index (χ0v) is 13.7. The Balaban J connectivity index is 1.61. The molecule has 0 radical (unpaired) electrons. The van der Waals surface area contributed by atoms with Crippen molar-refractivity contribution in [2.24, 2.45) is 5.92 Å². The minimum Gasteiger partial charge on any atom is -0.454 e. The molecule has 1 N–H and O–H groups in total. The molecule has 2 fully saturated rings. The van der Waals surface area contributed by atoms with E-state index in [0.29, 0.717) is 12.3 Å². The highest BCUT2D eigenvalue weighted by Crippen LogP contribution is 2.38. The third kappa shape index (κ3) is 2.85. The smallest absolute Gasteiger partial charge is 0.326 e. The Morgan fingerprint density at radius 3 is 2.88 bits per heavy atom. The lowest BCUT2D eigenvalue weighted by molar-refractivity contribution is -0.150. The van der Waals surface area contributed by atoms with E-state index in [1.807, 2.05) is 6.92 Å². The molecule has 2 heterocycles. The summed E-state index contributed by atoms with van der Waals surface area (Å²) < 4.78 is 10.1. The normalized spacial score (nSPS) is 26.8. The van der Waals surface area contributed by atoms with Crippen LogP contribution in [0.15, 0.2) is 4.42 Å². The van der Waals surface area contributed by atoms with Gasteiger partial charge in [-0.1, -0.05) is 19.8 Å². The van der Waals surface area contributed by atoms with Gasteiger partial charge in [0.15, 0.2) is 6.61 Å². The van der Waals surface area contributed by atoms with Gasteiger partial charge in [0.1, 0.15) is 12.1 Å². The van der Waals surface area contributed by atoms with Crippen molar-refractivity contribution < 1.29 is 23.5 Å². The molecule has 3 rings (SSSR count). The van der Waals surface area contributed by atoms with Crippen molar-refractivity contribution in [3.8, 4) is 0 Å². The number of carbonyl (C=O) groups is 3. The van der Waals surface area contributed by atoms with Crippen LogP contribution in [0.25, 0.3) is 0 Å². The number of amides is 3. The van der Waals surface area contributed by atoms with Gasteiger partial charge in [0.25, 0.3) is 11.8 Å². The van der Waals surface area contributed by atoms with Gasteiger partial charge >= 0.3 is 12.0 Å². The van der Waals surface area contributed by atoms with Crippen LogP contribution in [0.4, 0.5) is 4.79 Å². The fourth-order valence-corrected chi connectivity index (χ4v) is 3.35. The van der Waals surface area contributed by atoms with Crippen molar-refractivity contribution in [3.63, 3.8) is 0 Å². The maximum absolute atomic E-state index is 12.7. The van der Waals surface area contributed by atoms with Crippen molar-refractivity contribution in [1.82, 2.24) is 20.4 Å². The van der Waals surface area contributed by atoms with E-state index >= 15 is 0 Å². The third-order valence-electron chi connectivity index (χ3n) is 4.71. The Bertz CT molecular complexity index is 673. The summed E-state index contributed by atoms with van der Waals surface area (Å²) >= 11 is 0. The van der Waals surface area contributed by atoms with Gasteiger partial charge in [-0.3, -0.25) is 14.5 Å². The molecule has 1 aromatic rings. The molecule has 2 aliphatic rings. The summed E-state index contributed by atoms with van der Waals surface area (Å²) in [6.45, 7) is 2.96. The molecular weight excluding hydrogens is 316 g/mol. The lowest BCUT2D eigenvalue weighted by Crippen LogP contribution is -2.54. The lowest BCUT2D eigenvalue weighted by atomic mass is 9.73. The van der Waals surface area contributed by atoms with Crippen molar-refractivity contribution in [2.75, 3.05) is 6.54 Å². The summed E-state index contributed by atoms with van der Waals surface area (Å²) in [5, 5.41) is 10.1. The molecule has 1 aliphatic heterocycles. The SMILES string of the molecule is Cc1nnc(COC(=O)CN2C(=O)N[C@]3(CCCC[C@@H]3C)C2=O)o1. The number of urea groups is 1. The van der Waals surface area contributed by atoms with E-state index < -0.39 is 24.1 Å². The summed E-state index contributed by atoms with van der Waals surface area (Å²) in [6, 6.07) is -0.542. The standard InChI is InChI=1S/C15H20N4O5/c1-9-5-3-4-6-15(9)13(21)19(14(22)16-15)7-12(20)23-8-11-18-17-10(2)24-11/h9H,3-8H2,1-2H3,(H,16,22)/t9-,15-/m0/s1. The molecule has 130 valence electrons. The number of hydrogen-bond acceptors (Lipinski definition) is 7. The zero-order valence-electron chi connectivity index (χ0n) is 13.7. The Kier molecular flexibility index (Phi) is 4.25. The Hall–Kier alpha value is -2.45. The van der Waals surface area contributed by atoms with Crippen molar-refractivity contribution in [3.05, 3.63) is 11.8 Å². The number of ether oxygens (including phenoxy) is 1. The summed E-state index contributed by atoms with van der Waals surface area (Å²) in [7, 11) is 0. The van der Waals surface area contributed by atoms with Crippen LogP contribution in [-0.4, -0.2) is 45.1 Å². The predicted octanol–water partition coefficient (Wildman–Crippen LogP) is 0.922. The molecule has 1 aromatic heterocycles. The van der Waals surface area contributed by atoms with Crippen molar-refractivity contribution in [1.29, 1.82) is 0 Å². The molecule has 3 amide bonds. The molecule has 9 heteroatoms. The molecule has 1 aliphatic carbocycles. The van der Waals surface area contributed by atoms with Crippen LogP contribution in [0.1, 0.15) is 44.4 Å². The van der Waals surface area contributed by atoms with Gasteiger partial charge in [-0.05, 0) is 18.8 Å². The van der Waals surface area contributed by atoms with Crippen LogP contribution in [-0.2, 0) is 20.9 Å². The third-order valence-corrected chi connectivity index (χ3v) is 4.71. The summed E-state index contributed by atoms with van der Waals surface area (Å²) in [6.07, 6.45) is 3.40. The van der Waals surface area contributed by atoms with E-state index in [1.165, 1.54) is 0 Å². The molecule has 9 nitrogen and oxygen atoms in total. The van der Waals surface area contributed by atoms with Gasteiger partial charge in [0.2, 0.25) is 5.89 Å². The minimum atomic E-state index is -0.876. The molecule has 0 aromatic carbocycles. The molecule has 24 heavy (non-hydrogen) atoms. The largest absolute Gasteiger partial charge is 0.454 e. The van der Waals surface area contributed by atoms with E-state index in [4.69, 9.17) is 9.15 Å². The fraction of sp³-hybridized carbons (Fsp3) is 0.667. The fourth-order valence-electron chi connectivity index (χ4n) is 3.35. The molecule has 0 unspecified atom stereocenters. The van der Waals surface area contributed by atoms with Crippen LogP contribution < -0.4 is 5.32 Å². The highest BCUT2D eigenvalue weighted by Gasteiger charge is 2.55. The second-order valence-corrected chi connectivity index (χ2v) is 6.32. The number of esters is 1. The van der Waals surface area contributed by atoms with Gasteiger partial charge < -0.3 is 14.5 Å². The van der Waals surface area contributed by atoms with E-state index in [9.17, 15) is 14.4 Å². The first-order chi connectivity index (χ1) is 11.4. The Morgan fingerprint density at radius 1 is 1.42 bits per heavy atom. The number of aromatic nitrogens is 2. The number of hydrogen-bond donors (Lipinski definition) is 1. The molecule has 0 bridgehead atoms. The topological polar surface area (TPSA) is 115 Å². The van der Waals surface area contributed by atoms with Crippen LogP contribution in [0.2, 0.25) is 0 Å². The second kappa shape index (κ2) is 6.21. The molecule has 1 saturated carbocycles. The summed E-state index contributed by atoms with van der Waals surface area (Å²) in [5.74, 6) is -0.468. The zero-order chi connectivity index (χ0) is 17.3. The first-order valence-electron chi connectivity index (χ1n) is 8.01. The number of rotatable bonds is 4. The monoisotopic (exact) mass is 336 g/mol. The first-order valence-corrected chi connectivity index (χ1v) is 8.01. The molecule has 1 saturated heterocycles. The summed E-state index contributed by atoms with van der Waals surface area (Å²) in [4.78, 5) is 37.7.